The molecule has 0 spiro atoms. The van der Waals surface area contributed by atoms with Crippen LogP contribution in [0.5, 0.6) is 0 Å². The monoisotopic (exact) mass is 285 g/mol. The van der Waals surface area contributed by atoms with Crippen molar-refractivity contribution in [2.24, 2.45) is 11.1 Å². The maximum Gasteiger partial charge on any atom is 0.233 e. The molecule has 0 aliphatic carbocycles. The molecule has 5 heteroatoms. The summed E-state index contributed by atoms with van der Waals surface area (Å²) >= 11 is 5.12. The quantitative estimate of drug-likeness (QED) is 0.755. The van der Waals surface area contributed by atoms with Gasteiger partial charge in [-0.3, -0.25) is 4.79 Å². The number of amides is 1. The molecule has 1 aliphatic heterocycles. The topological polar surface area (TPSA) is 58.4 Å². The molecule has 0 radical (unpaired) electrons. The molecule has 1 amide bonds. The van der Waals surface area contributed by atoms with Crippen LogP contribution in [0.3, 0.4) is 0 Å². The van der Waals surface area contributed by atoms with Gasteiger partial charge in [0.25, 0.3) is 0 Å². The van der Waals surface area contributed by atoms with Crippen LogP contribution in [0.1, 0.15) is 46.5 Å². The number of nitrogens with one attached hydrogen (secondary N) is 1. The summed E-state index contributed by atoms with van der Waals surface area (Å²) in [6.45, 7) is 7.15. The molecule has 1 heterocycles. The first-order valence-corrected chi connectivity index (χ1v) is 7.59. The number of carbonyl (C=O) groups excluding carboxylic acids is 1. The lowest BCUT2D eigenvalue weighted by atomic mass is 9.80. The van der Waals surface area contributed by atoms with Gasteiger partial charge in [-0.05, 0) is 39.7 Å². The van der Waals surface area contributed by atoms with Gasteiger partial charge in [0.2, 0.25) is 5.91 Å². The van der Waals surface area contributed by atoms with E-state index < -0.39 is 5.41 Å². The summed E-state index contributed by atoms with van der Waals surface area (Å²) in [6.07, 6.45) is 3.30. The Morgan fingerprint density at radius 3 is 2.47 bits per heavy atom. The third-order valence-electron chi connectivity index (χ3n) is 4.66. The number of thiocarbonyl (C=S) groups is 1. The summed E-state index contributed by atoms with van der Waals surface area (Å²) < 4.78 is 0. The molecule has 4 nitrogen and oxygen atoms in total. The summed E-state index contributed by atoms with van der Waals surface area (Å²) in [4.78, 5) is 15.2. The lowest BCUT2D eigenvalue weighted by Gasteiger charge is -2.37. The fourth-order valence-corrected chi connectivity index (χ4v) is 3.16. The third-order valence-corrected chi connectivity index (χ3v) is 5.05. The first-order valence-electron chi connectivity index (χ1n) is 7.18. The predicted molar refractivity (Wildman–Crippen MR) is 83.1 cm³/mol. The molecule has 0 bridgehead atoms. The smallest absolute Gasteiger partial charge is 0.233 e. The van der Waals surface area contributed by atoms with Crippen molar-refractivity contribution < 1.29 is 4.79 Å². The molecule has 1 saturated heterocycles. The zero-order chi connectivity index (χ0) is 14.6. The van der Waals surface area contributed by atoms with Crippen molar-refractivity contribution in [1.82, 2.24) is 10.2 Å². The van der Waals surface area contributed by atoms with Crippen molar-refractivity contribution in [3.05, 3.63) is 0 Å². The van der Waals surface area contributed by atoms with Crippen molar-refractivity contribution in [2.75, 3.05) is 13.6 Å². The molecule has 0 aromatic rings. The van der Waals surface area contributed by atoms with Gasteiger partial charge in [-0.1, -0.05) is 26.1 Å². The summed E-state index contributed by atoms with van der Waals surface area (Å²) in [7, 11) is 2.13. The Labute approximate surface area is 122 Å². The highest BCUT2D eigenvalue weighted by Crippen LogP contribution is 2.28. The molecule has 0 aromatic heterocycles. The second-order valence-corrected chi connectivity index (χ2v) is 6.12. The summed E-state index contributed by atoms with van der Waals surface area (Å²) in [5.74, 6) is 0.00625. The first-order chi connectivity index (χ1) is 8.87. The Hall–Kier alpha value is -0.680. The summed E-state index contributed by atoms with van der Waals surface area (Å²) in [6, 6.07) is 0.743. The van der Waals surface area contributed by atoms with Crippen LogP contribution in [-0.4, -0.2) is 41.5 Å². The van der Waals surface area contributed by atoms with E-state index in [9.17, 15) is 4.79 Å². The van der Waals surface area contributed by atoms with Crippen LogP contribution in [0.25, 0.3) is 0 Å². The zero-order valence-electron chi connectivity index (χ0n) is 12.5. The first kappa shape index (κ1) is 16.4. The molecule has 19 heavy (non-hydrogen) atoms. The van der Waals surface area contributed by atoms with E-state index in [1.54, 1.807) is 0 Å². The lowest BCUT2D eigenvalue weighted by Crippen LogP contribution is -2.54. The molecule has 0 saturated carbocycles. The van der Waals surface area contributed by atoms with E-state index in [0.29, 0.717) is 23.9 Å². The van der Waals surface area contributed by atoms with E-state index in [2.05, 4.69) is 24.2 Å². The van der Waals surface area contributed by atoms with Gasteiger partial charge >= 0.3 is 0 Å². The van der Waals surface area contributed by atoms with Crippen molar-refractivity contribution in [3.8, 4) is 0 Å². The number of nitrogens with two attached hydrogens (primary N) is 1. The number of piperidine rings is 1. The van der Waals surface area contributed by atoms with Gasteiger partial charge in [-0.15, -0.1) is 0 Å². The molecule has 1 aliphatic rings. The Kier molecular flexibility index (Phi) is 5.74. The molecule has 1 rings (SSSR count). The number of likely N-dealkylation sites (tertiary alicyclic amines) is 1. The van der Waals surface area contributed by atoms with E-state index in [1.807, 2.05) is 13.8 Å². The second kappa shape index (κ2) is 6.66. The predicted octanol–water partition coefficient (Wildman–Crippen LogP) is 1.68. The third kappa shape index (κ3) is 3.45. The Morgan fingerprint density at radius 2 is 2.05 bits per heavy atom. The number of hydrogen-bond acceptors (Lipinski definition) is 3. The van der Waals surface area contributed by atoms with E-state index >= 15 is 0 Å². The average Bonchev–Trinajstić information content (AvgIpc) is 2.35. The van der Waals surface area contributed by atoms with E-state index in [0.717, 1.165) is 19.4 Å². The molecule has 110 valence electrons. The molecule has 1 fully saturated rings. The van der Waals surface area contributed by atoms with Gasteiger partial charge in [0.1, 0.15) is 0 Å². The summed E-state index contributed by atoms with van der Waals surface area (Å²) in [5, 5.41) is 3.16. The van der Waals surface area contributed by atoms with Crippen LogP contribution in [0, 0.1) is 5.41 Å². The van der Waals surface area contributed by atoms with Crippen LogP contribution in [-0.2, 0) is 4.79 Å². The Morgan fingerprint density at radius 1 is 1.47 bits per heavy atom. The highest BCUT2D eigenvalue weighted by molar-refractivity contribution is 7.80. The fraction of sp³-hybridized carbons (Fsp3) is 0.857. The molecule has 3 N–H and O–H groups in total. The van der Waals surface area contributed by atoms with Gasteiger partial charge < -0.3 is 16.0 Å². The van der Waals surface area contributed by atoms with Crippen molar-refractivity contribution >= 4 is 23.1 Å². The largest absolute Gasteiger partial charge is 0.392 e. The maximum absolute atomic E-state index is 12.5. The number of rotatable bonds is 5. The fourth-order valence-electron chi connectivity index (χ4n) is 2.78. The highest BCUT2D eigenvalue weighted by Gasteiger charge is 2.39. The van der Waals surface area contributed by atoms with E-state index in [4.69, 9.17) is 18.0 Å². The number of nitrogens with zero attached hydrogens (tertiary/aromatic N) is 1. The SMILES string of the molecule is CCC(CC)(C(=O)NC1CCN(C)C(C)C1)C(N)=S. The standard InChI is InChI=1S/C14H27N3OS/c1-5-14(6-2,12(15)19)13(18)16-11-7-8-17(4)10(3)9-11/h10-11H,5-9H2,1-4H3,(H2,15,19)(H,16,18). The second-order valence-electron chi connectivity index (χ2n) is 5.68. The van der Waals surface area contributed by atoms with Crippen LogP contribution < -0.4 is 11.1 Å². The zero-order valence-corrected chi connectivity index (χ0v) is 13.3. The minimum Gasteiger partial charge on any atom is -0.392 e. The molecule has 0 aromatic carbocycles. The van der Waals surface area contributed by atoms with Gasteiger partial charge in [0.05, 0.1) is 10.4 Å². The number of carbonyl (C=O) groups is 1. The maximum atomic E-state index is 12.5. The lowest BCUT2D eigenvalue weighted by molar-refractivity contribution is -0.129. The van der Waals surface area contributed by atoms with Crippen molar-refractivity contribution in [1.29, 1.82) is 0 Å². The van der Waals surface area contributed by atoms with Gasteiger partial charge in [-0.25, -0.2) is 0 Å². The molecular weight excluding hydrogens is 258 g/mol. The number of hydrogen-bond donors (Lipinski definition) is 2. The van der Waals surface area contributed by atoms with E-state index in [-0.39, 0.29) is 11.9 Å². The van der Waals surface area contributed by atoms with Crippen molar-refractivity contribution in [3.63, 3.8) is 0 Å². The van der Waals surface area contributed by atoms with Crippen LogP contribution in [0.2, 0.25) is 0 Å². The average molecular weight is 285 g/mol. The van der Waals surface area contributed by atoms with Gasteiger partial charge in [0.15, 0.2) is 0 Å². The minimum atomic E-state index is -0.679. The summed E-state index contributed by atoms with van der Waals surface area (Å²) in [5.41, 5.74) is 5.13. The van der Waals surface area contributed by atoms with Crippen LogP contribution in [0.4, 0.5) is 0 Å². The highest BCUT2D eigenvalue weighted by atomic mass is 32.1. The van der Waals surface area contributed by atoms with E-state index in [1.165, 1.54) is 0 Å². The van der Waals surface area contributed by atoms with Gasteiger partial charge in [0, 0.05) is 18.6 Å². The molecule has 2 atom stereocenters. The van der Waals surface area contributed by atoms with Crippen molar-refractivity contribution in [2.45, 2.75) is 58.5 Å². The van der Waals surface area contributed by atoms with Gasteiger partial charge in [-0.2, -0.15) is 0 Å². The van der Waals surface area contributed by atoms with Crippen LogP contribution in [0.15, 0.2) is 0 Å². The normalized spacial score (nSPS) is 25.1. The molecular formula is C14H27N3OS. The van der Waals surface area contributed by atoms with Crippen LogP contribution >= 0.6 is 12.2 Å². The Balaban J connectivity index is 2.70. The Bertz CT molecular complexity index is 342. The minimum absolute atomic E-state index is 0.00625. The molecule has 2 unspecified atom stereocenters.